The number of likely N-dealkylation sites (N-methyl/N-ethyl adjacent to an activating group) is 1. The Morgan fingerprint density at radius 2 is 2.16 bits per heavy atom. The Bertz CT molecular complexity index is 402. The Morgan fingerprint density at radius 3 is 2.84 bits per heavy atom. The van der Waals surface area contributed by atoms with Crippen LogP contribution < -0.4 is 10.2 Å². The molecule has 0 aliphatic heterocycles. The Kier molecular flexibility index (Phi) is 4.77. The second-order valence-electron chi connectivity index (χ2n) is 5.55. The molecule has 2 rings (SSSR count). The van der Waals surface area contributed by atoms with Crippen molar-refractivity contribution in [3.63, 3.8) is 0 Å². The summed E-state index contributed by atoms with van der Waals surface area (Å²) < 4.78 is 0. The minimum Gasteiger partial charge on any atom is -0.388 e. The zero-order valence-electron chi connectivity index (χ0n) is 12.0. The van der Waals surface area contributed by atoms with Crippen molar-refractivity contribution in [2.75, 3.05) is 25.0 Å². The fourth-order valence-electron chi connectivity index (χ4n) is 2.88. The number of nitrogens with zero attached hydrogens (tertiary/aromatic N) is 2. The van der Waals surface area contributed by atoms with E-state index >= 15 is 0 Å². The molecule has 1 aliphatic rings. The van der Waals surface area contributed by atoms with E-state index in [1.165, 1.54) is 5.56 Å². The third-order valence-corrected chi connectivity index (χ3v) is 3.86. The van der Waals surface area contributed by atoms with Crippen LogP contribution in [0.5, 0.6) is 0 Å². The molecular formula is C15H25N3O. The smallest absolute Gasteiger partial charge is 0.132 e. The van der Waals surface area contributed by atoms with Crippen molar-refractivity contribution in [1.82, 2.24) is 10.3 Å². The van der Waals surface area contributed by atoms with Crippen molar-refractivity contribution in [2.45, 2.75) is 44.8 Å². The summed E-state index contributed by atoms with van der Waals surface area (Å²) in [5.74, 6) is 0.976. The van der Waals surface area contributed by atoms with Gasteiger partial charge in [-0.1, -0.05) is 25.8 Å². The first-order valence-electron chi connectivity index (χ1n) is 7.23. The molecule has 4 heteroatoms. The first-order chi connectivity index (χ1) is 9.14. The molecule has 0 radical (unpaired) electrons. The van der Waals surface area contributed by atoms with Gasteiger partial charge in [-0.15, -0.1) is 0 Å². The van der Waals surface area contributed by atoms with E-state index in [0.29, 0.717) is 6.54 Å². The van der Waals surface area contributed by atoms with E-state index in [9.17, 15) is 5.11 Å². The molecule has 0 bridgehead atoms. The lowest BCUT2D eigenvalue weighted by Gasteiger charge is -2.30. The van der Waals surface area contributed by atoms with Crippen LogP contribution in [0.3, 0.4) is 0 Å². The molecule has 0 amide bonds. The molecule has 1 aromatic rings. The highest BCUT2D eigenvalue weighted by Crippen LogP contribution is 2.31. The highest BCUT2D eigenvalue weighted by Gasteiger charge is 2.32. The molecule has 1 heterocycles. The van der Waals surface area contributed by atoms with E-state index in [1.54, 1.807) is 0 Å². The fraction of sp³-hybridized carbons (Fsp3) is 0.667. The zero-order valence-corrected chi connectivity index (χ0v) is 12.0. The molecule has 2 N–H and O–H groups in total. The third-order valence-electron chi connectivity index (χ3n) is 3.86. The first kappa shape index (κ1) is 14.3. The normalized spacial score (nSPS) is 17.6. The number of nitrogens with one attached hydrogen (secondary N) is 1. The average Bonchev–Trinajstić information content (AvgIpc) is 2.83. The topological polar surface area (TPSA) is 48.4 Å². The van der Waals surface area contributed by atoms with Gasteiger partial charge in [0.15, 0.2) is 0 Å². The lowest BCUT2D eigenvalue weighted by Crippen LogP contribution is -2.40. The van der Waals surface area contributed by atoms with Gasteiger partial charge >= 0.3 is 0 Å². The Labute approximate surface area is 115 Å². The molecule has 1 saturated carbocycles. The largest absolute Gasteiger partial charge is 0.388 e. The van der Waals surface area contributed by atoms with Gasteiger partial charge in [-0.3, -0.25) is 0 Å². The number of hydrogen-bond donors (Lipinski definition) is 2. The minimum atomic E-state index is -0.526. The summed E-state index contributed by atoms with van der Waals surface area (Å²) in [5, 5.41) is 13.8. The summed E-state index contributed by atoms with van der Waals surface area (Å²) >= 11 is 0. The van der Waals surface area contributed by atoms with Crippen LogP contribution in [-0.4, -0.2) is 35.8 Å². The standard InChI is InChI=1S/C15H25N3O/c1-3-16-11-13-7-6-10-17-14(13)18(2)12-15(19)8-4-5-9-15/h6-7,10,16,19H,3-5,8-9,11-12H2,1-2H3. The van der Waals surface area contributed by atoms with E-state index in [1.807, 2.05) is 19.3 Å². The SMILES string of the molecule is CCNCc1cccnc1N(C)CC1(O)CCCC1. The molecule has 0 saturated heterocycles. The minimum absolute atomic E-state index is 0.526. The van der Waals surface area contributed by atoms with Gasteiger partial charge in [-0.05, 0) is 25.5 Å². The predicted molar refractivity (Wildman–Crippen MR) is 78.3 cm³/mol. The van der Waals surface area contributed by atoms with Crippen molar-refractivity contribution in [1.29, 1.82) is 0 Å². The fourth-order valence-corrected chi connectivity index (χ4v) is 2.88. The molecule has 0 unspecified atom stereocenters. The van der Waals surface area contributed by atoms with Crippen molar-refractivity contribution < 1.29 is 5.11 Å². The Morgan fingerprint density at radius 1 is 1.42 bits per heavy atom. The first-order valence-corrected chi connectivity index (χ1v) is 7.23. The van der Waals surface area contributed by atoms with E-state index in [0.717, 1.165) is 44.6 Å². The van der Waals surface area contributed by atoms with Gasteiger partial charge < -0.3 is 15.3 Å². The van der Waals surface area contributed by atoms with Crippen molar-refractivity contribution >= 4 is 5.82 Å². The Hall–Kier alpha value is -1.13. The lowest BCUT2D eigenvalue weighted by atomic mass is 10.0. The van der Waals surface area contributed by atoms with Crippen LogP contribution in [-0.2, 0) is 6.54 Å². The van der Waals surface area contributed by atoms with Crippen LogP contribution >= 0.6 is 0 Å². The molecule has 4 nitrogen and oxygen atoms in total. The van der Waals surface area contributed by atoms with Gasteiger partial charge in [0.2, 0.25) is 0 Å². The summed E-state index contributed by atoms with van der Waals surface area (Å²) in [6.45, 7) is 4.54. The third kappa shape index (κ3) is 3.67. The van der Waals surface area contributed by atoms with Gasteiger partial charge in [-0.25, -0.2) is 4.98 Å². The lowest BCUT2D eigenvalue weighted by molar-refractivity contribution is 0.0557. The number of rotatable bonds is 6. The molecule has 0 spiro atoms. The van der Waals surface area contributed by atoms with E-state index < -0.39 is 5.60 Å². The van der Waals surface area contributed by atoms with Crippen molar-refractivity contribution in [3.8, 4) is 0 Å². The molecule has 0 aromatic carbocycles. The summed E-state index contributed by atoms with van der Waals surface area (Å²) in [5.41, 5.74) is 0.662. The van der Waals surface area contributed by atoms with Gasteiger partial charge in [0.05, 0.1) is 5.60 Å². The van der Waals surface area contributed by atoms with E-state index in [2.05, 4.69) is 28.2 Å². The second-order valence-corrected chi connectivity index (χ2v) is 5.55. The average molecular weight is 263 g/mol. The summed E-state index contributed by atoms with van der Waals surface area (Å²) in [4.78, 5) is 6.57. The number of anilines is 1. The molecule has 0 atom stereocenters. The number of aromatic nitrogens is 1. The molecule has 1 aromatic heterocycles. The van der Waals surface area contributed by atoms with Gasteiger partial charge in [-0.2, -0.15) is 0 Å². The van der Waals surface area contributed by atoms with Gasteiger partial charge in [0, 0.05) is 31.9 Å². The molecule has 1 fully saturated rings. The van der Waals surface area contributed by atoms with Gasteiger partial charge in [0.1, 0.15) is 5.82 Å². The van der Waals surface area contributed by atoms with Crippen LogP contribution in [0.15, 0.2) is 18.3 Å². The highest BCUT2D eigenvalue weighted by atomic mass is 16.3. The van der Waals surface area contributed by atoms with Crippen LogP contribution in [0.2, 0.25) is 0 Å². The summed E-state index contributed by atoms with van der Waals surface area (Å²) in [6, 6.07) is 4.06. The molecular weight excluding hydrogens is 238 g/mol. The number of pyridine rings is 1. The van der Waals surface area contributed by atoms with Crippen LogP contribution in [0.4, 0.5) is 5.82 Å². The summed E-state index contributed by atoms with van der Waals surface area (Å²) in [6.07, 6.45) is 5.91. The van der Waals surface area contributed by atoms with E-state index in [-0.39, 0.29) is 0 Å². The maximum absolute atomic E-state index is 10.5. The van der Waals surface area contributed by atoms with E-state index in [4.69, 9.17) is 0 Å². The molecule has 106 valence electrons. The maximum Gasteiger partial charge on any atom is 0.132 e. The van der Waals surface area contributed by atoms with Crippen LogP contribution in [0.1, 0.15) is 38.2 Å². The van der Waals surface area contributed by atoms with Gasteiger partial charge in [0.25, 0.3) is 0 Å². The van der Waals surface area contributed by atoms with Crippen LogP contribution in [0.25, 0.3) is 0 Å². The number of hydrogen-bond acceptors (Lipinski definition) is 4. The molecule has 19 heavy (non-hydrogen) atoms. The number of aliphatic hydroxyl groups is 1. The van der Waals surface area contributed by atoms with Crippen molar-refractivity contribution in [3.05, 3.63) is 23.9 Å². The predicted octanol–water partition coefficient (Wildman–Crippen LogP) is 1.93. The maximum atomic E-state index is 10.5. The quantitative estimate of drug-likeness (QED) is 0.823. The zero-order chi connectivity index (χ0) is 13.7. The highest BCUT2D eigenvalue weighted by molar-refractivity contribution is 5.46. The Balaban J connectivity index is 2.07. The van der Waals surface area contributed by atoms with Crippen molar-refractivity contribution in [2.24, 2.45) is 0 Å². The van der Waals surface area contributed by atoms with Crippen LogP contribution in [0, 0.1) is 0 Å². The monoisotopic (exact) mass is 263 g/mol. The second kappa shape index (κ2) is 6.35. The summed E-state index contributed by atoms with van der Waals surface area (Å²) in [7, 11) is 2.02. The molecule has 1 aliphatic carbocycles.